The minimum Gasteiger partial charge on any atom is -0.383 e. The number of nitrogens with zero attached hydrogens (tertiary/aromatic N) is 4. The Morgan fingerprint density at radius 1 is 1.05 bits per heavy atom. The predicted octanol–water partition coefficient (Wildman–Crippen LogP) is 5.91. The van der Waals surface area contributed by atoms with Crippen molar-refractivity contribution >= 4 is 34.4 Å². The molecule has 5 N–H and O–H groups in total. The summed E-state index contributed by atoms with van der Waals surface area (Å²) in [6.07, 6.45) is 12.1. The molecule has 0 radical (unpaired) electrons. The van der Waals surface area contributed by atoms with Gasteiger partial charge in [0.1, 0.15) is 5.82 Å². The quantitative estimate of drug-likeness (QED) is 0.294. The Kier molecular flexibility index (Phi) is 9.32. The molecule has 0 aliphatic heterocycles. The summed E-state index contributed by atoms with van der Waals surface area (Å²) in [6, 6.07) is 9.63. The molecular formula is C31H43N7O. The van der Waals surface area contributed by atoms with Crippen LogP contribution in [0.3, 0.4) is 0 Å². The first-order valence-corrected chi connectivity index (χ1v) is 13.4. The number of nitrogen functional groups attached to an aromatic ring is 2. The lowest BCUT2D eigenvalue weighted by atomic mass is 9.83. The Morgan fingerprint density at radius 3 is 2.38 bits per heavy atom. The number of hydrogen-bond donors (Lipinski definition) is 3. The highest BCUT2D eigenvalue weighted by Crippen LogP contribution is 2.25. The number of fused-ring (bicyclic) bond motifs is 1. The number of amides is 1. The largest absolute Gasteiger partial charge is 0.383 e. The molecule has 0 fully saturated rings. The van der Waals surface area contributed by atoms with Crippen LogP contribution in [0.5, 0.6) is 0 Å². The van der Waals surface area contributed by atoms with Gasteiger partial charge in [-0.15, -0.1) is 0 Å². The van der Waals surface area contributed by atoms with E-state index in [1.165, 1.54) is 0 Å². The molecular weight excluding hydrogens is 486 g/mol. The van der Waals surface area contributed by atoms with Crippen molar-refractivity contribution in [2.75, 3.05) is 23.4 Å². The van der Waals surface area contributed by atoms with Crippen LogP contribution in [0.1, 0.15) is 70.3 Å². The lowest BCUT2D eigenvalue weighted by molar-refractivity contribution is 0.0898. The van der Waals surface area contributed by atoms with E-state index in [9.17, 15) is 4.79 Å². The van der Waals surface area contributed by atoms with Crippen molar-refractivity contribution in [1.29, 1.82) is 0 Å². The van der Waals surface area contributed by atoms with E-state index in [1.807, 2.05) is 37.4 Å². The third kappa shape index (κ3) is 8.80. The molecule has 1 unspecified atom stereocenters. The predicted molar refractivity (Wildman–Crippen MR) is 162 cm³/mol. The maximum absolute atomic E-state index is 13.1. The standard InChI is InChI=1S/C31H43N7O/c1-30(2,3)17-11-9-8-10-12-25(31(4,5)6)35-28(39)22-13-15-23(16-14-22)38(7)20-21-18-24-26(32)36-29(33)37-27(24)34-19-21/h8-9,11,13-19,25H,10,12,20H2,1-7H3,(H,35,39)(H4,32,33,34,36,37). The van der Waals surface area contributed by atoms with Gasteiger partial charge in [-0.25, -0.2) is 4.98 Å². The number of nitrogens with two attached hydrogens (primary N) is 2. The van der Waals surface area contributed by atoms with Gasteiger partial charge < -0.3 is 21.7 Å². The lowest BCUT2D eigenvalue weighted by Crippen LogP contribution is -2.43. The highest BCUT2D eigenvalue weighted by molar-refractivity contribution is 5.94. The Balaban J connectivity index is 1.61. The van der Waals surface area contributed by atoms with E-state index in [0.717, 1.165) is 24.1 Å². The normalized spacial score (nSPS) is 13.3. The van der Waals surface area contributed by atoms with Gasteiger partial charge in [-0.3, -0.25) is 4.79 Å². The average molecular weight is 530 g/mol. The summed E-state index contributed by atoms with van der Waals surface area (Å²) in [4.78, 5) is 27.7. The van der Waals surface area contributed by atoms with E-state index in [1.54, 1.807) is 6.20 Å². The Labute approximate surface area is 232 Å². The van der Waals surface area contributed by atoms with E-state index in [4.69, 9.17) is 11.5 Å². The van der Waals surface area contributed by atoms with E-state index < -0.39 is 0 Å². The molecule has 8 heteroatoms. The fraction of sp³-hybridized carbons (Fsp3) is 0.419. The lowest BCUT2D eigenvalue weighted by Gasteiger charge is -2.31. The minimum atomic E-state index is -0.0609. The van der Waals surface area contributed by atoms with E-state index in [2.05, 4.69) is 91.0 Å². The van der Waals surface area contributed by atoms with Crippen LogP contribution in [0.4, 0.5) is 17.5 Å². The van der Waals surface area contributed by atoms with Crippen LogP contribution >= 0.6 is 0 Å². The molecule has 2 aromatic heterocycles. The second-order valence-electron chi connectivity index (χ2n) is 12.2. The van der Waals surface area contributed by atoms with Crippen LogP contribution in [-0.4, -0.2) is 33.9 Å². The van der Waals surface area contributed by atoms with Crippen molar-refractivity contribution in [2.45, 2.75) is 67.0 Å². The fourth-order valence-electron chi connectivity index (χ4n) is 4.16. The third-order valence-corrected chi connectivity index (χ3v) is 6.46. The number of allylic oxidation sites excluding steroid dienone is 4. The molecule has 0 saturated carbocycles. The van der Waals surface area contributed by atoms with E-state index in [-0.39, 0.29) is 28.7 Å². The zero-order valence-electron chi connectivity index (χ0n) is 24.3. The van der Waals surface area contributed by atoms with Crippen LogP contribution in [0, 0.1) is 10.8 Å². The van der Waals surface area contributed by atoms with Gasteiger partial charge in [0.15, 0.2) is 5.65 Å². The molecule has 0 aliphatic carbocycles. The topological polar surface area (TPSA) is 123 Å². The molecule has 1 atom stereocenters. The second-order valence-corrected chi connectivity index (χ2v) is 12.2. The number of anilines is 3. The van der Waals surface area contributed by atoms with E-state index in [0.29, 0.717) is 29.0 Å². The number of carbonyl (C=O) groups is 1. The van der Waals surface area contributed by atoms with Crippen LogP contribution < -0.4 is 21.7 Å². The minimum absolute atomic E-state index is 0.0516. The first-order valence-electron chi connectivity index (χ1n) is 13.4. The number of benzene rings is 1. The zero-order chi connectivity index (χ0) is 28.8. The number of hydrogen-bond acceptors (Lipinski definition) is 7. The van der Waals surface area contributed by atoms with Crippen molar-refractivity contribution in [3.63, 3.8) is 0 Å². The second kappa shape index (κ2) is 12.3. The monoisotopic (exact) mass is 529 g/mol. The van der Waals surface area contributed by atoms with E-state index >= 15 is 0 Å². The van der Waals surface area contributed by atoms with Crippen molar-refractivity contribution in [3.05, 3.63) is 72.0 Å². The highest BCUT2D eigenvalue weighted by atomic mass is 16.1. The maximum Gasteiger partial charge on any atom is 0.251 e. The molecule has 0 spiro atoms. The molecule has 0 aliphatic rings. The summed E-state index contributed by atoms with van der Waals surface area (Å²) in [7, 11) is 1.99. The van der Waals surface area contributed by atoms with Gasteiger partial charge in [-0.2, -0.15) is 9.97 Å². The van der Waals surface area contributed by atoms with Crippen LogP contribution in [0.25, 0.3) is 11.0 Å². The first-order chi connectivity index (χ1) is 18.2. The summed E-state index contributed by atoms with van der Waals surface area (Å²) >= 11 is 0. The van der Waals surface area contributed by atoms with Crippen molar-refractivity contribution < 1.29 is 4.79 Å². The Hall–Kier alpha value is -3.94. The molecule has 1 amide bonds. The molecule has 208 valence electrons. The number of pyridine rings is 1. The summed E-state index contributed by atoms with van der Waals surface area (Å²) in [5, 5.41) is 3.93. The van der Waals surface area contributed by atoms with Crippen molar-refractivity contribution in [3.8, 4) is 0 Å². The molecule has 8 nitrogen and oxygen atoms in total. The van der Waals surface area contributed by atoms with Crippen LogP contribution in [-0.2, 0) is 6.54 Å². The van der Waals surface area contributed by atoms with Gasteiger partial charge in [0.05, 0.1) is 5.39 Å². The van der Waals surface area contributed by atoms with Gasteiger partial charge in [0, 0.05) is 37.1 Å². The van der Waals surface area contributed by atoms with Gasteiger partial charge in [0.2, 0.25) is 5.95 Å². The van der Waals surface area contributed by atoms with Crippen molar-refractivity contribution in [2.24, 2.45) is 10.8 Å². The fourth-order valence-corrected chi connectivity index (χ4v) is 4.16. The summed E-state index contributed by atoms with van der Waals surface area (Å²) < 4.78 is 0. The molecule has 39 heavy (non-hydrogen) atoms. The Bertz CT molecular complexity index is 1330. The summed E-state index contributed by atoms with van der Waals surface area (Å²) in [6.45, 7) is 13.6. The number of nitrogens with one attached hydrogen (secondary N) is 1. The smallest absolute Gasteiger partial charge is 0.251 e. The molecule has 1 aromatic carbocycles. The zero-order valence-corrected chi connectivity index (χ0v) is 24.3. The maximum atomic E-state index is 13.1. The first kappa shape index (κ1) is 29.6. The number of carbonyl (C=O) groups excluding carboxylic acids is 1. The number of aromatic nitrogens is 3. The molecule has 3 rings (SSSR count). The van der Waals surface area contributed by atoms with Crippen molar-refractivity contribution in [1.82, 2.24) is 20.3 Å². The number of rotatable bonds is 9. The SMILES string of the molecule is CN(Cc1cnc2nc(N)nc(N)c2c1)c1ccc(C(=O)NC(CCC=CC=CC(C)(C)C)C(C)(C)C)cc1. The summed E-state index contributed by atoms with van der Waals surface area (Å²) in [5.74, 6) is 0.359. The third-order valence-electron chi connectivity index (χ3n) is 6.46. The Morgan fingerprint density at radius 2 is 1.74 bits per heavy atom. The van der Waals surface area contributed by atoms with Crippen LogP contribution in [0.15, 0.2) is 60.8 Å². The van der Waals surface area contributed by atoms with Gasteiger partial charge in [-0.1, -0.05) is 65.8 Å². The molecule has 0 saturated heterocycles. The van der Waals surface area contributed by atoms with Gasteiger partial charge >= 0.3 is 0 Å². The summed E-state index contributed by atoms with van der Waals surface area (Å²) in [5.41, 5.74) is 14.8. The average Bonchev–Trinajstić information content (AvgIpc) is 2.84. The van der Waals surface area contributed by atoms with Crippen LogP contribution in [0.2, 0.25) is 0 Å². The van der Waals surface area contributed by atoms with Gasteiger partial charge in [-0.05, 0) is 59.6 Å². The van der Waals surface area contributed by atoms with Gasteiger partial charge in [0.25, 0.3) is 5.91 Å². The molecule has 0 bridgehead atoms. The molecule has 2 heterocycles. The molecule has 3 aromatic rings. The highest BCUT2D eigenvalue weighted by Gasteiger charge is 2.26.